The first kappa shape index (κ1) is 61.3. The van der Waals surface area contributed by atoms with Gasteiger partial charge in [-0.3, -0.25) is 18.6 Å². The van der Waals surface area contributed by atoms with E-state index in [1.807, 2.05) is 18.2 Å². The summed E-state index contributed by atoms with van der Waals surface area (Å²) < 4.78 is 33.5. The van der Waals surface area contributed by atoms with Gasteiger partial charge in [-0.05, 0) is 96.3 Å². The summed E-state index contributed by atoms with van der Waals surface area (Å²) in [6.45, 7) is 3.06. The summed E-state index contributed by atoms with van der Waals surface area (Å²) in [5.74, 6) is -1.25. The molecule has 0 radical (unpaired) electrons. The highest BCUT2D eigenvalue weighted by atomic mass is 31.2. The van der Waals surface area contributed by atoms with Gasteiger partial charge in [0.05, 0.1) is 6.61 Å². The fourth-order valence-electron chi connectivity index (χ4n) is 6.41. The predicted octanol–water partition coefficient (Wildman–Crippen LogP) is 10.2. The topological polar surface area (TPSA) is 210 Å². The molecule has 1 fully saturated rings. The van der Waals surface area contributed by atoms with E-state index in [2.05, 4.69) is 117 Å². The van der Waals surface area contributed by atoms with E-state index >= 15 is 0 Å². The van der Waals surface area contributed by atoms with Gasteiger partial charge in [0.1, 0.15) is 43.2 Å². The van der Waals surface area contributed by atoms with Crippen LogP contribution in [0, 0.1) is 0 Å². The molecule has 0 saturated heterocycles. The van der Waals surface area contributed by atoms with E-state index in [1.54, 1.807) is 0 Å². The lowest BCUT2D eigenvalue weighted by molar-refractivity contribution is -0.220. The number of phosphoric acid groups is 1. The van der Waals surface area contributed by atoms with E-state index in [-0.39, 0.29) is 12.8 Å². The molecule has 67 heavy (non-hydrogen) atoms. The first-order chi connectivity index (χ1) is 32.4. The number of esters is 2. The lowest BCUT2D eigenvalue weighted by Gasteiger charge is -2.41. The van der Waals surface area contributed by atoms with Crippen LogP contribution in [-0.4, -0.2) is 98.3 Å². The molecule has 378 valence electrons. The highest BCUT2D eigenvalue weighted by Crippen LogP contribution is 2.47. The quantitative estimate of drug-likeness (QED) is 0.0148. The summed E-state index contributed by atoms with van der Waals surface area (Å²) in [6, 6.07) is 0. The van der Waals surface area contributed by atoms with Gasteiger partial charge in [-0.2, -0.15) is 0 Å². The zero-order valence-corrected chi connectivity index (χ0v) is 41.0. The van der Waals surface area contributed by atoms with Crippen LogP contribution in [0.3, 0.4) is 0 Å². The molecule has 0 heterocycles. The van der Waals surface area contributed by atoms with Gasteiger partial charge in [0.2, 0.25) is 0 Å². The number of aliphatic hydroxyl groups excluding tert-OH is 5. The van der Waals surface area contributed by atoms with Gasteiger partial charge in [-0.15, -0.1) is 0 Å². The Balaban J connectivity index is 2.53. The number of ether oxygens (including phenoxy) is 2. The molecule has 0 bridgehead atoms. The third-order valence-electron chi connectivity index (χ3n) is 10.3. The van der Waals surface area contributed by atoms with Crippen LogP contribution in [0.2, 0.25) is 0 Å². The molecule has 13 nitrogen and oxygen atoms in total. The number of carbonyl (C=O) groups is 2. The van der Waals surface area contributed by atoms with E-state index in [0.29, 0.717) is 19.3 Å². The highest BCUT2D eigenvalue weighted by molar-refractivity contribution is 7.47. The molecule has 1 rings (SSSR count). The van der Waals surface area contributed by atoms with Crippen LogP contribution in [0.1, 0.15) is 142 Å². The van der Waals surface area contributed by atoms with Crippen LogP contribution < -0.4 is 0 Å². The third kappa shape index (κ3) is 33.4. The summed E-state index contributed by atoms with van der Waals surface area (Å²) in [7, 11) is -5.16. The van der Waals surface area contributed by atoms with E-state index in [4.69, 9.17) is 18.5 Å². The Kier molecular flexibility index (Phi) is 37.7. The number of rotatable bonds is 38. The van der Waals surface area contributed by atoms with Crippen LogP contribution in [0.5, 0.6) is 0 Å². The Morgan fingerprint density at radius 2 is 0.881 bits per heavy atom. The van der Waals surface area contributed by atoms with Crippen molar-refractivity contribution in [2.24, 2.45) is 0 Å². The molecule has 0 spiro atoms. The van der Waals surface area contributed by atoms with Gasteiger partial charge in [0, 0.05) is 12.8 Å². The summed E-state index contributed by atoms with van der Waals surface area (Å²) in [6.07, 6.45) is 45.4. The van der Waals surface area contributed by atoms with Crippen LogP contribution in [0.25, 0.3) is 0 Å². The molecule has 6 N–H and O–H groups in total. The fraction of sp³-hybridized carbons (Fsp3) is 0.585. The van der Waals surface area contributed by atoms with Crippen molar-refractivity contribution in [3.05, 3.63) is 122 Å². The first-order valence-corrected chi connectivity index (χ1v) is 25.8. The molecule has 14 heteroatoms. The minimum absolute atomic E-state index is 0.0437. The normalized spacial score (nSPS) is 22.2. The molecule has 0 aromatic heterocycles. The molecule has 0 aromatic carbocycles. The van der Waals surface area contributed by atoms with Crippen molar-refractivity contribution in [2.45, 2.75) is 185 Å². The number of aliphatic hydroxyl groups is 5. The van der Waals surface area contributed by atoms with Crippen molar-refractivity contribution in [3.8, 4) is 0 Å². The maximum absolute atomic E-state index is 12.8. The molecule has 8 atom stereocenters. The van der Waals surface area contributed by atoms with Gasteiger partial charge in [0.25, 0.3) is 0 Å². The Bertz CT molecular complexity index is 1630. The van der Waals surface area contributed by atoms with Gasteiger partial charge in [-0.25, -0.2) is 4.57 Å². The summed E-state index contributed by atoms with van der Waals surface area (Å²) in [5, 5.41) is 50.2. The Labute approximate surface area is 401 Å². The molecule has 0 aliphatic heterocycles. The molecular weight excluding hydrogens is 876 g/mol. The molecular formula is C53H83O13P. The molecule has 1 saturated carbocycles. The number of hydrogen-bond acceptors (Lipinski definition) is 12. The standard InChI is InChI=1S/C53H83O13P/c1-3-5-7-9-11-13-15-17-19-21-23-25-27-29-31-33-35-37-39-41-46(54)63-43-45(44-64-67(61,62)66-53-51(59)49(57)48(56)50(58)52(53)60)65-47(55)42-40-38-36-34-32-30-28-26-24-22-20-18-16-14-12-10-8-6-4-2/h6,8,11-14,17-20,23-26,29-32,36,38,45,48-53,56-60H,3-5,7,9-10,15-16,21-22,27-28,33-35,37,39-44H2,1-2H3,(H,61,62)/b8-6+,13-11+,14-12+,19-17+,20-18+,25-23+,26-24+,31-29+,32-30+,38-36+/t45-,48?,49-,50?,51?,52?,53?/m0/s1. The first-order valence-electron chi connectivity index (χ1n) is 24.3. The Hall–Kier alpha value is -3.75. The molecule has 0 aromatic rings. The Morgan fingerprint density at radius 3 is 1.33 bits per heavy atom. The SMILES string of the molecule is CC/C=C/C/C=C/C/C=C/C/C=C/C/C=C/C/C=C/CCC(=O)O[C@@H](COC(=O)CCCCC/C=C/C/C=C/C/C=C/C/C=C/CCCCC)COP(=O)(O)OC1C(O)C(O)C(O)[C@H](O)C1O. The Morgan fingerprint density at radius 1 is 0.478 bits per heavy atom. The van der Waals surface area contributed by atoms with Gasteiger partial charge >= 0.3 is 19.8 Å². The number of hydrogen-bond donors (Lipinski definition) is 6. The van der Waals surface area contributed by atoms with Crippen molar-refractivity contribution in [3.63, 3.8) is 0 Å². The number of phosphoric ester groups is 1. The zero-order chi connectivity index (χ0) is 49.2. The van der Waals surface area contributed by atoms with Crippen LogP contribution in [0.4, 0.5) is 0 Å². The lowest BCUT2D eigenvalue weighted by atomic mass is 9.85. The van der Waals surface area contributed by atoms with E-state index in [0.717, 1.165) is 77.0 Å². The van der Waals surface area contributed by atoms with Crippen molar-refractivity contribution in [1.29, 1.82) is 0 Å². The van der Waals surface area contributed by atoms with Gasteiger partial charge < -0.3 is 39.9 Å². The molecule has 0 amide bonds. The summed E-state index contributed by atoms with van der Waals surface area (Å²) >= 11 is 0. The fourth-order valence-corrected chi connectivity index (χ4v) is 7.38. The minimum atomic E-state index is -5.16. The maximum Gasteiger partial charge on any atom is 0.472 e. The average Bonchev–Trinajstić information content (AvgIpc) is 3.31. The molecule has 6 unspecified atom stereocenters. The second-order valence-corrected chi connectivity index (χ2v) is 17.6. The number of carbonyl (C=O) groups excluding carboxylic acids is 2. The molecule has 1 aliphatic carbocycles. The average molecular weight is 959 g/mol. The predicted molar refractivity (Wildman–Crippen MR) is 267 cm³/mol. The van der Waals surface area contributed by atoms with E-state index in [9.17, 15) is 44.6 Å². The second-order valence-electron chi connectivity index (χ2n) is 16.2. The van der Waals surface area contributed by atoms with Crippen molar-refractivity contribution < 1.29 is 63.1 Å². The van der Waals surface area contributed by atoms with Gasteiger partial charge in [-0.1, -0.05) is 155 Å². The van der Waals surface area contributed by atoms with Crippen molar-refractivity contribution >= 4 is 19.8 Å². The van der Waals surface area contributed by atoms with E-state index < -0.39 is 75.7 Å². The van der Waals surface area contributed by atoms with Crippen LogP contribution in [-0.2, 0) is 32.7 Å². The maximum atomic E-state index is 12.8. The summed E-state index contributed by atoms with van der Waals surface area (Å²) in [5.41, 5.74) is 0. The van der Waals surface area contributed by atoms with Crippen LogP contribution >= 0.6 is 7.82 Å². The second kappa shape index (κ2) is 41.2. The summed E-state index contributed by atoms with van der Waals surface area (Å²) in [4.78, 5) is 35.7. The van der Waals surface area contributed by atoms with Crippen molar-refractivity contribution in [1.82, 2.24) is 0 Å². The smallest absolute Gasteiger partial charge is 0.462 e. The third-order valence-corrected chi connectivity index (χ3v) is 11.3. The number of allylic oxidation sites excluding steroid dienone is 20. The monoisotopic (exact) mass is 959 g/mol. The van der Waals surface area contributed by atoms with E-state index in [1.165, 1.54) is 19.3 Å². The van der Waals surface area contributed by atoms with Crippen LogP contribution in [0.15, 0.2) is 122 Å². The van der Waals surface area contributed by atoms with Gasteiger partial charge in [0.15, 0.2) is 6.10 Å². The minimum Gasteiger partial charge on any atom is -0.462 e. The largest absolute Gasteiger partial charge is 0.472 e. The molecule has 1 aliphatic rings. The number of unbranched alkanes of at least 4 members (excludes halogenated alkanes) is 6. The highest BCUT2D eigenvalue weighted by Gasteiger charge is 2.51. The zero-order valence-electron chi connectivity index (χ0n) is 40.1. The lowest BCUT2D eigenvalue weighted by Crippen LogP contribution is -2.64. The van der Waals surface area contributed by atoms with Crippen molar-refractivity contribution in [2.75, 3.05) is 13.2 Å².